The number of anilines is 6. The largest absolute Gasteiger partial charge is 0.309 e. The first-order chi connectivity index (χ1) is 26.8. The molecule has 0 aliphatic carbocycles. The zero-order valence-electron chi connectivity index (χ0n) is 36.9. The Morgan fingerprint density at radius 3 is 1.00 bits per heavy atom. The first kappa shape index (κ1) is 39.9. The second-order valence-corrected chi connectivity index (χ2v) is 18.9. The standard InChI is InChI=1S/C55H62N2/c1-34(2)41-18-25-44(26-19-41)56(45-22-15-35(3)38(6)29-45)52-48-27-20-43(55(12,13)14)33-51(48)53(49-28-21-42(32-50(49)52)54(9,10)11)57(46-23-16-36(4)39(7)30-46)47-24-17-37(5)40(8)31-47/h15-34H,1-14H3. The Hall–Kier alpha value is -5.34. The first-order valence-electron chi connectivity index (χ1n) is 20.8. The minimum absolute atomic E-state index is 0.0527. The normalized spacial score (nSPS) is 12.2. The molecule has 0 aliphatic rings. The molecule has 0 bridgehead atoms. The summed E-state index contributed by atoms with van der Waals surface area (Å²) < 4.78 is 0. The Morgan fingerprint density at radius 1 is 0.351 bits per heavy atom. The third-order valence-corrected chi connectivity index (χ3v) is 12.3. The van der Waals surface area contributed by atoms with Gasteiger partial charge in [-0.3, -0.25) is 0 Å². The van der Waals surface area contributed by atoms with Gasteiger partial charge in [0.05, 0.1) is 11.4 Å². The van der Waals surface area contributed by atoms with E-state index in [1.165, 1.54) is 83.0 Å². The van der Waals surface area contributed by atoms with Gasteiger partial charge in [-0.2, -0.15) is 0 Å². The predicted octanol–water partition coefficient (Wildman–Crippen LogP) is 16.5. The summed E-state index contributed by atoms with van der Waals surface area (Å²) in [6, 6.07) is 44.6. The minimum Gasteiger partial charge on any atom is -0.309 e. The highest BCUT2D eigenvalue weighted by molar-refractivity contribution is 6.23. The van der Waals surface area contributed by atoms with E-state index < -0.39 is 0 Å². The van der Waals surface area contributed by atoms with Gasteiger partial charge in [-0.1, -0.05) is 110 Å². The van der Waals surface area contributed by atoms with Crippen LogP contribution in [-0.4, -0.2) is 0 Å². The lowest BCUT2D eigenvalue weighted by molar-refractivity contribution is 0.590. The Balaban J connectivity index is 1.72. The smallest absolute Gasteiger partial charge is 0.0620 e. The van der Waals surface area contributed by atoms with Crippen molar-refractivity contribution in [3.63, 3.8) is 0 Å². The maximum atomic E-state index is 2.54. The summed E-state index contributed by atoms with van der Waals surface area (Å²) in [5.41, 5.74) is 18.6. The van der Waals surface area contributed by atoms with Gasteiger partial charge in [0.2, 0.25) is 0 Å². The number of hydrogen-bond acceptors (Lipinski definition) is 2. The molecule has 0 amide bonds. The van der Waals surface area contributed by atoms with Gasteiger partial charge in [-0.25, -0.2) is 0 Å². The van der Waals surface area contributed by atoms with E-state index in [0.717, 1.165) is 22.7 Å². The summed E-state index contributed by atoms with van der Waals surface area (Å²) in [5, 5.41) is 4.91. The van der Waals surface area contributed by atoms with Crippen LogP contribution in [-0.2, 0) is 10.8 Å². The van der Waals surface area contributed by atoms with Crippen LogP contribution in [0.3, 0.4) is 0 Å². The summed E-state index contributed by atoms with van der Waals surface area (Å²) >= 11 is 0. The quantitative estimate of drug-likeness (QED) is 0.118. The van der Waals surface area contributed by atoms with Crippen LogP contribution in [0.1, 0.15) is 111 Å². The lowest BCUT2D eigenvalue weighted by Crippen LogP contribution is -2.17. The van der Waals surface area contributed by atoms with Crippen molar-refractivity contribution in [3.05, 3.63) is 165 Å². The molecule has 0 heterocycles. The number of hydrogen-bond donors (Lipinski definition) is 0. The van der Waals surface area contributed by atoms with E-state index in [9.17, 15) is 0 Å². The first-order valence-corrected chi connectivity index (χ1v) is 20.8. The number of fused-ring (bicyclic) bond motifs is 2. The third kappa shape index (κ3) is 7.60. The van der Waals surface area contributed by atoms with Gasteiger partial charge >= 0.3 is 0 Å². The summed E-state index contributed by atoms with van der Waals surface area (Å²) in [7, 11) is 0. The van der Waals surface area contributed by atoms with Crippen LogP contribution < -0.4 is 9.80 Å². The molecule has 2 nitrogen and oxygen atoms in total. The molecule has 0 aliphatic heterocycles. The van der Waals surface area contributed by atoms with Gasteiger partial charge in [0.1, 0.15) is 0 Å². The molecule has 0 atom stereocenters. The molecule has 0 radical (unpaired) electrons. The Labute approximate surface area is 343 Å². The van der Waals surface area contributed by atoms with Gasteiger partial charge in [0.15, 0.2) is 0 Å². The van der Waals surface area contributed by atoms with E-state index in [2.05, 4.69) is 222 Å². The Bertz CT molecular complexity index is 2570. The molecule has 57 heavy (non-hydrogen) atoms. The zero-order valence-corrected chi connectivity index (χ0v) is 36.9. The van der Waals surface area contributed by atoms with E-state index in [1.54, 1.807) is 0 Å². The number of rotatable bonds is 7. The highest BCUT2D eigenvalue weighted by Gasteiger charge is 2.29. The molecule has 7 aromatic rings. The van der Waals surface area contributed by atoms with Crippen molar-refractivity contribution in [1.29, 1.82) is 0 Å². The molecule has 0 spiro atoms. The average molecular weight is 751 g/mol. The van der Waals surface area contributed by atoms with Crippen LogP contribution in [0.5, 0.6) is 0 Å². The lowest BCUT2D eigenvalue weighted by atomic mass is 9.82. The van der Waals surface area contributed by atoms with Gasteiger partial charge in [0, 0.05) is 44.3 Å². The maximum absolute atomic E-state index is 2.54. The molecule has 2 heteroatoms. The average Bonchev–Trinajstić information content (AvgIpc) is 3.15. The van der Waals surface area contributed by atoms with Crippen LogP contribution >= 0.6 is 0 Å². The molecule has 0 fully saturated rings. The number of nitrogens with zero attached hydrogens (tertiary/aromatic N) is 2. The lowest BCUT2D eigenvalue weighted by Gasteiger charge is -2.34. The van der Waals surface area contributed by atoms with Crippen LogP contribution in [0.4, 0.5) is 34.1 Å². The summed E-state index contributed by atoms with van der Waals surface area (Å²) in [6.07, 6.45) is 0. The second-order valence-electron chi connectivity index (χ2n) is 18.9. The van der Waals surface area contributed by atoms with Crippen molar-refractivity contribution < 1.29 is 0 Å². The summed E-state index contributed by atoms with van der Waals surface area (Å²) in [6.45, 7) is 31.8. The number of aryl methyl sites for hydroxylation is 6. The molecular weight excluding hydrogens is 689 g/mol. The summed E-state index contributed by atoms with van der Waals surface area (Å²) in [4.78, 5) is 5.07. The van der Waals surface area contributed by atoms with Gasteiger partial charge in [-0.15, -0.1) is 0 Å². The topological polar surface area (TPSA) is 6.48 Å². The summed E-state index contributed by atoms with van der Waals surface area (Å²) in [5.74, 6) is 0.446. The van der Waals surface area contributed by atoms with Crippen molar-refractivity contribution in [1.82, 2.24) is 0 Å². The fourth-order valence-corrected chi connectivity index (χ4v) is 8.02. The van der Waals surface area contributed by atoms with Crippen LogP contribution in [0.25, 0.3) is 21.5 Å². The monoisotopic (exact) mass is 750 g/mol. The van der Waals surface area contributed by atoms with Gasteiger partial charge < -0.3 is 9.80 Å². The molecule has 0 saturated carbocycles. The maximum Gasteiger partial charge on any atom is 0.0620 e. The highest BCUT2D eigenvalue weighted by atomic mass is 15.2. The van der Waals surface area contributed by atoms with Gasteiger partial charge in [-0.05, 0) is 169 Å². The second kappa shape index (κ2) is 14.9. The highest BCUT2D eigenvalue weighted by Crippen LogP contribution is 2.53. The van der Waals surface area contributed by atoms with Crippen molar-refractivity contribution in [2.24, 2.45) is 0 Å². The van der Waals surface area contributed by atoms with Gasteiger partial charge in [0.25, 0.3) is 0 Å². The molecule has 7 rings (SSSR count). The zero-order chi connectivity index (χ0) is 41.1. The molecule has 7 aromatic carbocycles. The molecular formula is C55H62N2. The van der Waals surface area contributed by atoms with Crippen molar-refractivity contribution in [3.8, 4) is 0 Å². The van der Waals surface area contributed by atoms with Crippen LogP contribution in [0.2, 0.25) is 0 Å². The number of benzene rings is 7. The fraction of sp³-hybridized carbons (Fsp3) is 0.309. The molecule has 0 N–H and O–H groups in total. The van der Waals surface area contributed by atoms with Crippen molar-refractivity contribution in [2.75, 3.05) is 9.80 Å². The molecule has 0 saturated heterocycles. The molecule has 0 aromatic heterocycles. The van der Waals surface area contributed by atoms with Crippen LogP contribution in [0, 0.1) is 41.5 Å². The van der Waals surface area contributed by atoms with Crippen molar-refractivity contribution >= 4 is 55.7 Å². The predicted molar refractivity (Wildman–Crippen MR) is 251 cm³/mol. The molecule has 0 unspecified atom stereocenters. The van der Waals surface area contributed by atoms with E-state index in [0.29, 0.717) is 5.92 Å². The van der Waals surface area contributed by atoms with E-state index in [4.69, 9.17) is 0 Å². The fourth-order valence-electron chi connectivity index (χ4n) is 8.02. The van der Waals surface area contributed by atoms with Crippen LogP contribution in [0.15, 0.2) is 115 Å². The van der Waals surface area contributed by atoms with E-state index in [1.807, 2.05) is 0 Å². The minimum atomic E-state index is -0.0529. The molecule has 292 valence electrons. The third-order valence-electron chi connectivity index (χ3n) is 12.3. The van der Waals surface area contributed by atoms with E-state index >= 15 is 0 Å². The Morgan fingerprint density at radius 2 is 0.684 bits per heavy atom. The van der Waals surface area contributed by atoms with Crippen molar-refractivity contribution in [2.45, 2.75) is 114 Å². The SMILES string of the molecule is Cc1ccc(N(c2ccc(C(C)C)cc2)c2c3ccc(C(C)(C)C)cc3c(N(c3ccc(C)c(C)c3)c3ccc(C)c(C)c3)c3ccc(C(C)(C)C)cc23)cc1C. The Kier molecular flexibility index (Phi) is 10.4. The van der Waals surface area contributed by atoms with E-state index in [-0.39, 0.29) is 10.8 Å².